The van der Waals surface area contributed by atoms with E-state index in [9.17, 15) is 27.9 Å². The second-order valence-corrected chi connectivity index (χ2v) is 8.17. The van der Waals surface area contributed by atoms with Crippen molar-refractivity contribution in [2.24, 2.45) is 11.3 Å². The van der Waals surface area contributed by atoms with E-state index >= 15 is 0 Å². The average molecular weight is 457 g/mol. The third kappa shape index (κ3) is 4.91. The Labute approximate surface area is 162 Å². The molecule has 144 valence electrons. The van der Waals surface area contributed by atoms with Gasteiger partial charge in [0.25, 0.3) is 0 Å². The summed E-state index contributed by atoms with van der Waals surface area (Å²) in [6.45, 7) is 1.41. The number of aliphatic carboxylic acids is 1. The molecule has 0 bridgehead atoms. The van der Waals surface area contributed by atoms with E-state index in [1.165, 1.54) is 6.92 Å². The molecule has 3 atom stereocenters. The predicted molar refractivity (Wildman–Crippen MR) is 93.9 cm³/mol. The summed E-state index contributed by atoms with van der Waals surface area (Å²) in [7, 11) is 0. The highest BCUT2D eigenvalue weighted by Crippen LogP contribution is 2.45. The highest BCUT2D eigenvalue weighted by atomic mass is 79.9. The highest BCUT2D eigenvalue weighted by molar-refractivity contribution is 9.10. The van der Waals surface area contributed by atoms with Gasteiger partial charge in [-0.2, -0.15) is 13.2 Å². The molecule has 1 fully saturated rings. The summed E-state index contributed by atoms with van der Waals surface area (Å²) in [5.74, 6) is -3.55. The lowest BCUT2D eigenvalue weighted by Crippen LogP contribution is -2.53. The fraction of sp³-hybridized carbons (Fsp3) is 0.529. The van der Waals surface area contributed by atoms with Gasteiger partial charge in [0.05, 0.1) is 17.8 Å². The van der Waals surface area contributed by atoms with Crippen molar-refractivity contribution in [1.82, 2.24) is 5.32 Å². The molecule has 0 aromatic heterocycles. The number of carboxylic acids is 1. The second-order valence-electron chi connectivity index (χ2n) is 6.84. The van der Waals surface area contributed by atoms with E-state index in [0.717, 1.165) is 0 Å². The van der Waals surface area contributed by atoms with E-state index in [1.807, 2.05) is 0 Å². The number of hydrogen-bond acceptors (Lipinski definition) is 2. The molecular formula is C17H18BrClF3NO3. The molecular weight excluding hydrogens is 439 g/mol. The van der Waals surface area contributed by atoms with Crippen molar-refractivity contribution in [3.8, 4) is 0 Å². The maximum Gasteiger partial charge on any atom is 0.393 e. The molecule has 1 saturated carbocycles. The molecule has 1 amide bonds. The second kappa shape index (κ2) is 7.76. The molecule has 4 nitrogen and oxygen atoms in total. The Balaban J connectivity index is 2.17. The van der Waals surface area contributed by atoms with E-state index in [0.29, 0.717) is 15.1 Å². The third-order valence-electron chi connectivity index (χ3n) is 4.81. The molecule has 0 heterocycles. The van der Waals surface area contributed by atoms with Gasteiger partial charge in [0.1, 0.15) is 0 Å². The summed E-state index contributed by atoms with van der Waals surface area (Å²) < 4.78 is 40.6. The number of hydrogen-bond donors (Lipinski definition) is 2. The normalized spacial score (nSPS) is 26.4. The Morgan fingerprint density at radius 3 is 2.65 bits per heavy atom. The molecule has 2 N–H and O–H groups in total. The van der Waals surface area contributed by atoms with Gasteiger partial charge in [-0.05, 0) is 49.9 Å². The first-order chi connectivity index (χ1) is 11.9. The van der Waals surface area contributed by atoms with Crippen molar-refractivity contribution in [2.75, 3.05) is 0 Å². The van der Waals surface area contributed by atoms with E-state index in [-0.39, 0.29) is 25.7 Å². The van der Waals surface area contributed by atoms with Crippen LogP contribution in [0.1, 0.15) is 31.7 Å². The van der Waals surface area contributed by atoms with Gasteiger partial charge in [-0.3, -0.25) is 9.59 Å². The zero-order valence-electron chi connectivity index (χ0n) is 13.9. The van der Waals surface area contributed by atoms with Gasteiger partial charge >= 0.3 is 12.1 Å². The minimum atomic E-state index is -4.51. The molecule has 0 spiro atoms. The summed E-state index contributed by atoms with van der Waals surface area (Å²) in [5, 5.41) is 12.0. The van der Waals surface area contributed by atoms with Gasteiger partial charge in [0, 0.05) is 15.5 Å². The number of carbonyl (C=O) groups excluding carboxylic acids is 1. The van der Waals surface area contributed by atoms with Crippen molar-refractivity contribution >= 4 is 39.4 Å². The summed E-state index contributed by atoms with van der Waals surface area (Å²) in [5.41, 5.74) is -0.827. The Kier molecular flexibility index (Phi) is 6.28. The predicted octanol–water partition coefficient (Wildman–Crippen LogP) is 4.58. The zero-order chi connectivity index (χ0) is 19.7. The van der Waals surface area contributed by atoms with Gasteiger partial charge in [-0.25, -0.2) is 0 Å². The van der Waals surface area contributed by atoms with Crippen LogP contribution in [0.2, 0.25) is 5.02 Å². The van der Waals surface area contributed by atoms with Crippen LogP contribution in [0.15, 0.2) is 22.7 Å². The van der Waals surface area contributed by atoms with Gasteiger partial charge in [0.15, 0.2) is 0 Å². The summed E-state index contributed by atoms with van der Waals surface area (Å²) in [6, 6.07) is 3.59. The number of alkyl halides is 3. The van der Waals surface area contributed by atoms with Crippen LogP contribution in [-0.2, 0) is 16.0 Å². The van der Waals surface area contributed by atoms with E-state index in [4.69, 9.17) is 11.6 Å². The molecule has 1 aliphatic rings. The molecule has 1 aromatic carbocycles. The number of carboxylic acid groups (broad SMARTS) is 1. The molecule has 2 unspecified atom stereocenters. The number of benzene rings is 1. The van der Waals surface area contributed by atoms with Crippen LogP contribution in [-0.4, -0.2) is 29.2 Å². The number of halogens is 5. The van der Waals surface area contributed by atoms with Crippen LogP contribution in [0, 0.1) is 11.3 Å². The fourth-order valence-electron chi connectivity index (χ4n) is 3.25. The number of carbonyl (C=O) groups is 2. The smallest absolute Gasteiger partial charge is 0.393 e. The SMILES string of the molecule is CC1(C(=O)O)CCC(C(F)(F)F)[C@@H](NC(=O)Cc2cc(Br)ccc2Cl)C1. The maximum atomic E-state index is 13.3. The van der Waals surface area contributed by atoms with Crippen molar-refractivity contribution in [1.29, 1.82) is 0 Å². The number of nitrogens with one attached hydrogen (secondary N) is 1. The molecule has 0 aliphatic heterocycles. The van der Waals surface area contributed by atoms with Gasteiger partial charge in [-0.1, -0.05) is 27.5 Å². The molecule has 0 radical (unpaired) electrons. The molecule has 9 heteroatoms. The van der Waals surface area contributed by atoms with Gasteiger partial charge in [0.2, 0.25) is 5.91 Å². The maximum absolute atomic E-state index is 13.3. The number of amides is 1. The molecule has 1 aliphatic carbocycles. The fourth-order valence-corrected chi connectivity index (χ4v) is 3.85. The van der Waals surface area contributed by atoms with Crippen molar-refractivity contribution in [3.63, 3.8) is 0 Å². The molecule has 26 heavy (non-hydrogen) atoms. The Hall–Kier alpha value is -1.28. The Morgan fingerprint density at radius 1 is 1.42 bits per heavy atom. The largest absolute Gasteiger partial charge is 0.481 e. The van der Waals surface area contributed by atoms with Crippen LogP contribution >= 0.6 is 27.5 Å². The average Bonchev–Trinajstić information content (AvgIpc) is 2.49. The molecule has 0 saturated heterocycles. The topological polar surface area (TPSA) is 66.4 Å². The Bertz CT molecular complexity index is 713. The lowest BCUT2D eigenvalue weighted by molar-refractivity contribution is -0.198. The van der Waals surface area contributed by atoms with Crippen LogP contribution in [0.3, 0.4) is 0 Å². The minimum Gasteiger partial charge on any atom is -0.481 e. The van der Waals surface area contributed by atoms with Gasteiger partial charge in [-0.15, -0.1) is 0 Å². The monoisotopic (exact) mass is 455 g/mol. The molecule has 1 aromatic rings. The molecule has 2 rings (SSSR count). The lowest BCUT2D eigenvalue weighted by Gasteiger charge is -2.41. The van der Waals surface area contributed by atoms with Crippen LogP contribution in [0.25, 0.3) is 0 Å². The highest BCUT2D eigenvalue weighted by Gasteiger charge is 2.52. The van der Waals surface area contributed by atoms with Crippen LogP contribution < -0.4 is 5.32 Å². The lowest BCUT2D eigenvalue weighted by atomic mass is 9.69. The van der Waals surface area contributed by atoms with Crippen LogP contribution in [0.5, 0.6) is 0 Å². The van der Waals surface area contributed by atoms with Gasteiger partial charge < -0.3 is 10.4 Å². The van der Waals surface area contributed by atoms with E-state index in [2.05, 4.69) is 21.2 Å². The van der Waals surface area contributed by atoms with Crippen molar-refractivity contribution in [3.05, 3.63) is 33.3 Å². The summed E-state index contributed by atoms with van der Waals surface area (Å²) in [4.78, 5) is 23.7. The van der Waals surface area contributed by atoms with E-state index < -0.39 is 35.4 Å². The minimum absolute atomic E-state index is 0.0870. The standard InChI is InChI=1S/C17H18BrClF3NO3/c1-16(15(25)26)5-4-11(17(20,21)22)13(8-16)23-14(24)7-9-6-10(18)2-3-12(9)19/h2-3,6,11,13H,4-5,7-8H2,1H3,(H,23,24)(H,25,26)/t11?,13-,16?/m0/s1. The number of rotatable bonds is 4. The van der Waals surface area contributed by atoms with Crippen molar-refractivity contribution < 1.29 is 27.9 Å². The third-order valence-corrected chi connectivity index (χ3v) is 5.67. The summed E-state index contributed by atoms with van der Waals surface area (Å²) in [6.07, 6.45) is -5.40. The van der Waals surface area contributed by atoms with Crippen molar-refractivity contribution in [2.45, 2.75) is 44.8 Å². The van der Waals surface area contributed by atoms with Crippen LogP contribution in [0.4, 0.5) is 13.2 Å². The quantitative estimate of drug-likeness (QED) is 0.697. The zero-order valence-corrected chi connectivity index (χ0v) is 16.2. The van der Waals surface area contributed by atoms with E-state index in [1.54, 1.807) is 18.2 Å². The first kappa shape index (κ1) is 21.0. The first-order valence-corrected chi connectivity index (χ1v) is 9.13. The summed E-state index contributed by atoms with van der Waals surface area (Å²) >= 11 is 9.26. The first-order valence-electron chi connectivity index (χ1n) is 7.96. The Morgan fingerprint density at radius 2 is 2.08 bits per heavy atom.